The van der Waals surface area contributed by atoms with Gasteiger partial charge in [-0.05, 0) is 50.6 Å². The van der Waals surface area contributed by atoms with E-state index in [0.29, 0.717) is 12.0 Å². The first kappa shape index (κ1) is 16.2. The summed E-state index contributed by atoms with van der Waals surface area (Å²) in [4.78, 5) is 5.00. The van der Waals surface area contributed by atoms with E-state index >= 15 is 0 Å². The summed E-state index contributed by atoms with van der Waals surface area (Å²) in [5, 5.41) is 9.06. The van der Waals surface area contributed by atoms with Crippen LogP contribution in [0.3, 0.4) is 0 Å². The largest absolute Gasteiger partial charge is 0.395 e. The highest BCUT2D eigenvalue weighted by atomic mass is 16.3. The van der Waals surface area contributed by atoms with E-state index < -0.39 is 0 Å². The van der Waals surface area contributed by atoms with E-state index in [2.05, 4.69) is 16.7 Å². The normalized spacial score (nSPS) is 34.0. The van der Waals surface area contributed by atoms with Gasteiger partial charge in [-0.1, -0.05) is 13.3 Å². The van der Waals surface area contributed by atoms with E-state index in [0.717, 1.165) is 32.1 Å². The molecule has 4 nitrogen and oxygen atoms in total. The Morgan fingerprint density at radius 3 is 2.60 bits per heavy atom. The molecule has 1 saturated heterocycles. The Hall–Kier alpha value is -0.160. The first-order valence-electron chi connectivity index (χ1n) is 8.54. The highest BCUT2D eigenvalue weighted by molar-refractivity contribution is 4.85. The van der Waals surface area contributed by atoms with Crippen LogP contribution >= 0.6 is 0 Å². The van der Waals surface area contributed by atoms with E-state index in [4.69, 9.17) is 10.8 Å². The summed E-state index contributed by atoms with van der Waals surface area (Å²) in [6.45, 7) is 9.18. The number of nitrogens with zero attached hydrogens (tertiary/aromatic N) is 2. The van der Waals surface area contributed by atoms with Gasteiger partial charge in [0.1, 0.15) is 0 Å². The van der Waals surface area contributed by atoms with Crippen molar-refractivity contribution in [3.63, 3.8) is 0 Å². The summed E-state index contributed by atoms with van der Waals surface area (Å²) in [5.41, 5.74) is 6.36. The van der Waals surface area contributed by atoms with Crippen LogP contribution in [0.5, 0.6) is 0 Å². The van der Waals surface area contributed by atoms with Crippen molar-refractivity contribution in [2.24, 2.45) is 17.6 Å². The van der Waals surface area contributed by atoms with Crippen LogP contribution in [-0.4, -0.2) is 66.8 Å². The predicted octanol–water partition coefficient (Wildman–Crippen LogP) is 1.14. The Morgan fingerprint density at radius 1 is 1.10 bits per heavy atom. The summed E-state index contributed by atoms with van der Waals surface area (Å²) in [5.74, 6) is 1.59. The van der Waals surface area contributed by atoms with Crippen LogP contribution in [0.4, 0.5) is 0 Å². The summed E-state index contributed by atoms with van der Waals surface area (Å²) >= 11 is 0. The summed E-state index contributed by atoms with van der Waals surface area (Å²) in [6, 6.07) is 0.412. The van der Waals surface area contributed by atoms with E-state index in [-0.39, 0.29) is 6.61 Å². The maximum Gasteiger partial charge on any atom is 0.0558 e. The van der Waals surface area contributed by atoms with Gasteiger partial charge < -0.3 is 15.7 Å². The summed E-state index contributed by atoms with van der Waals surface area (Å²) in [6.07, 6.45) is 6.41. The molecular formula is C16H33N3O. The lowest BCUT2D eigenvalue weighted by molar-refractivity contribution is 0.153. The SMILES string of the molecule is CCC1CCC(N)C(CN2CCCN(CCO)CC2)C1. The molecule has 0 radical (unpaired) electrons. The van der Waals surface area contributed by atoms with Gasteiger partial charge in [0.2, 0.25) is 0 Å². The first-order valence-corrected chi connectivity index (χ1v) is 8.54. The molecule has 0 aromatic carbocycles. The van der Waals surface area contributed by atoms with Crippen molar-refractivity contribution in [3.8, 4) is 0 Å². The van der Waals surface area contributed by atoms with Crippen LogP contribution in [0.1, 0.15) is 39.0 Å². The monoisotopic (exact) mass is 283 g/mol. The quantitative estimate of drug-likeness (QED) is 0.794. The smallest absolute Gasteiger partial charge is 0.0558 e. The second kappa shape index (κ2) is 8.32. The zero-order chi connectivity index (χ0) is 14.4. The molecule has 2 aliphatic rings. The van der Waals surface area contributed by atoms with E-state index in [1.54, 1.807) is 0 Å². The Kier molecular flexibility index (Phi) is 6.75. The molecule has 1 aliphatic carbocycles. The van der Waals surface area contributed by atoms with Gasteiger partial charge in [0.15, 0.2) is 0 Å². The number of nitrogens with two attached hydrogens (primary N) is 1. The predicted molar refractivity (Wildman–Crippen MR) is 83.7 cm³/mol. The minimum atomic E-state index is 0.283. The lowest BCUT2D eigenvalue weighted by atomic mass is 9.77. The van der Waals surface area contributed by atoms with E-state index in [1.807, 2.05) is 0 Å². The van der Waals surface area contributed by atoms with E-state index in [1.165, 1.54) is 45.2 Å². The lowest BCUT2D eigenvalue weighted by Gasteiger charge is -2.37. The third-order valence-electron chi connectivity index (χ3n) is 5.32. The molecule has 118 valence electrons. The molecule has 3 N–H and O–H groups in total. The summed E-state index contributed by atoms with van der Waals surface area (Å²) in [7, 11) is 0. The maximum absolute atomic E-state index is 9.06. The van der Waals surface area contributed by atoms with Crippen molar-refractivity contribution in [1.82, 2.24) is 9.80 Å². The lowest BCUT2D eigenvalue weighted by Crippen LogP contribution is -2.44. The minimum absolute atomic E-state index is 0.283. The van der Waals surface area contributed by atoms with Crippen molar-refractivity contribution in [3.05, 3.63) is 0 Å². The fraction of sp³-hybridized carbons (Fsp3) is 1.00. The molecular weight excluding hydrogens is 250 g/mol. The standard InChI is InChI=1S/C16H33N3O/c1-2-14-4-5-16(17)15(12-14)13-19-7-3-6-18(8-9-19)10-11-20/h14-16,20H,2-13,17H2,1H3. The molecule has 0 aromatic heterocycles. The number of aliphatic hydroxyl groups is 1. The van der Waals surface area contributed by atoms with Crippen molar-refractivity contribution in [2.75, 3.05) is 45.9 Å². The third-order valence-corrected chi connectivity index (χ3v) is 5.32. The van der Waals surface area contributed by atoms with Crippen LogP contribution in [0.25, 0.3) is 0 Å². The Bertz CT molecular complexity index is 274. The van der Waals surface area contributed by atoms with Crippen LogP contribution in [0, 0.1) is 11.8 Å². The molecule has 0 bridgehead atoms. The van der Waals surface area contributed by atoms with Crippen molar-refractivity contribution in [1.29, 1.82) is 0 Å². The van der Waals surface area contributed by atoms with Gasteiger partial charge in [0.25, 0.3) is 0 Å². The second-order valence-electron chi connectivity index (χ2n) is 6.73. The van der Waals surface area contributed by atoms with Crippen LogP contribution < -0.4 is 5.73 Å². The van der Waals surface area contributed by atoms with Crippen molar-refractivity contribution in [2.45, 2.75) is 45.1 Å². The van der Waals surface area contributed by atoms with Gasteiger partial charge >= 0.3 is 0 Å². The number of β-amino-alcohol motifs (C(OH)–C–C–N with tert-alkyl or cyclic N) is 1. The number of aliphatic hydroxyl groups excluding tert-OH is 1. The summed E-state index contributed by atoms with van der Waals surface area (Å²) < 4.78 is 0. The average molecular weight is 283 g/mol. The average Bonchev–Trinajstić information content (AvgIpc) is 2.67. The van der Waals surface area contributed by atoms with Crippen LogP contribution in [0.2, 0.25) is 0 Å². The molecule has 20 heavy (non-hydrogen) atoms. The number of hydrogen-bond acceptors (Lipinski definition) is 4. The van der Waals surface area contributed by atoms with E-state index in [9.17, 15) is 0 Å². The highest BCUT2D eigenvalue weighted by Crippen LogP contribution is 2.31. The molecule has 2 rings (SSSR count). The van der Waals surface area contributed by atoms with Crippen LogP contribution in [0.15, 0.2) is 0 Å². The first-order chi connectivity index (χ1) is 9.72. The third kappa shape index (κ3) is 4.69. The van der Waals surface area contributed by atoms with Gasteiger partial charge in [-0.3, -0.25) is 4.90 Å². The fourth-order valence-corrected chi connectivity index (χ4v) is 3.87. The Balaban J connectivity index is 1.79. The molecule has 3 atom stereocenters. The van der Waals surface area contributed by atoms with Crippen molar-refractivity contribution >= 4 is 0 Å². The molecule has 1 aliphatic heterocycles. The molecule has 4 heteroatoms. The molecule has 0 spiro atoms. The van der Waals surface area contributed by atoms with Gasteiger partial charge in [-0.25, -0.2) is 0 Å². The highest BCUT2D eigenvalue weighted by Gasteiger charge is 2.29. The van der Waals surface area contributed by atoms with Gasteiger partial charge in [-0.15, -0.1) is 0 Å². The fourth-order valence-electron chi connectivity index (χ4n) is 3.87. The molecule has 3 unspecified atom stereocenters. The Morgan fingerprint density at radius 2 is 1.85 bits per heavy atom. The number of hydrogen-bond donors (Lipinski definition) is 2. The molecule has 1 heterocycles. The van der Waals surface area contributed by atoms with Crippen LogP contribution in [-0.2, 0) is 0 Å². The molecule has 1 saturated carbocycles. The second-order valence-corrected chi connectivity index (χ2v) is 6.73. The molecule has 0 aromatic rings. The van der Waals surface area contributed by atoms with Crippen molar-refractivity contribution < 1.29 is 5.11 Å². The van der Waals surface area contributed by atoms with Gasteiger partial charge in [-0.2, -0.15) is 0 Å². The van der Waals surface area contributed by atoms with Gasteiger partial charge in [0, 0.05) is 32.2 Å². The minimum Gasteiger partial charge on any atom is -0.395 e. The number of rotatable bonds is 5. The topological polar surface area (TPSA) is 52.7 Å². The maximum atomic E-state index is 9.06. The Labute approximate surface area is 124 Å². The van der Waals surface area contributed by atoms with Gasteiger partial charge in [0.05, 0.1) is 6.61 Å². The molecule has 2 fully saturated rings. The molecule has 0 amide bonds. The zero-order valence-corrected chi connectivity index (χ0v) is 13.1. The zero-order valence-electron chi connectivity index (χ0n) is 13.1.